The van der Waals surface area contributed by atoms with Gasteiger partial charge in [-0.15, -0.1) is 0 Å². The molecule has 3 rings (SSSR count). The van der Waals surface area contributed by atoms with Crippen molar-refractivity contribution in [2.75, 3.05) is 11.3 Å². The van der Waals surface area contributed by atoms with Gasteiger partial charge in [-0.25, -0.2) is 12.8 Å². The number of carbonyl (C=O) groups is 2. The van der Waals surface area contributed by atoms with Gasteiger partial charge in [0.2, 0.25) is 5.91 Å². The molecule has 0 atom stereocenters. The van der Waals surface area contributed by atoms with Crippen LogP contribution in [0.15, 0.2) is 53.4 Å². The van der Waals surface area contributed by atoms with Crippen molar-refractivity contribution in [3.05, 3.63) is 59.9 Å². The van der Waals surface area contributed by atoms with E-state index in [-0.39, 0.29) is 34.6 Å². The summed E-state index contributed by atoms with van der Waals surface area (Å²) in [6.45, 7) is -0.180. The topological polar surface area (TPSA) is 104 Å². The van der Waals surface area contributed by atoms with Gasteiger partial charge in [0, 0.05) is 17.3 Å². The Bertz CT molecular complexity index is 957. The van der Waals surface area contributed by atoms with Crippen LogP contribution >= 0.6 is 0 Å². The molecule has 0 bridgehead atoms. The second-order valence-electron chi connectivity index (χ2n) is 6.16. The van der Waals surface area contributed by atoms with Crippen LogP contribution in [0.25, 0.3) is 0 Å². The molecule has 0 spiro atoms. The zero-order chi connectivity index (χ0) is 19.4. The summed E-state index contributed by atoms with van der Waals surface area (Å²) in [6.07, 6.45) is 1.89. The average Bonchev–Trinajstić information content (AvgIpc) is 3.45. The average molecular weight is 391 g/mol. The maximum atomic E-state index is 12.9. The van der Waals surface area contributed by atoms with Gasteiger partial charge in [-0.3, -0.25) is 14.3 Å². The second-order valence-corrected chi connectivity index (χ2v) is 7.85. The molecule has 2 aromatic rings. The summed E-state index contributed by atoms with van der Waals surface area (Å²) < 4.78 is 40.2. The summed E-state index contributed by atoms with van der Waals surface area (Å²) in [6, 6.07) is 10.5. The molecule has 27 heavy (non-hydrogen) atoms. The van der Waals surface area contributed by atoms with E-state index in [1.54, 1.807) is 0 Å². The van der Waals surface area contributed by atoms with E-state index in [9.17, 15) is 22.4 Å². The van der Waals surface area contributed by atoms with Crippen molar-refractivity contribution in [3.8, 4) is 0 Å². The van der Waals surface area contributed by atoms with Gasteiger partial charge >= 0.3 is 0 Å². The maximum Gasteiger partial charge on any atom is 0.261 e. The molecule has 3 N–H and O–H groups in total. The number of rotatable bonds is 7. The van der Waals surface area contributed by atoms with Gasteiger partial charge < -0.3 is 10.6 Å². The van der Waals surface area contributed by atoms with Crippen LogP contribution in [0.1, 0.15) is 23.2 Å². The summed E-state index contributed by atoms with van der Waals surface area (Å²) in [7, 11) is -3.95. The second kappa shape index (κ2) is 7.75. The third kappa shape index (κ3) is 5.27. The van der Waals surface area contributed by atoms with Crippen molar-refractivity contribution >= 4 is 27.5 Å². The molecular formula is C18H18FN3O4S. The number of sulfonamides is 1. The summed E-state index contributed by atoms with van der Waals surface area (Å²) in [5.74, 6) is -1.32. The fraction of sp³-hybridized carbons (Fsp3) is 0.222. The normalized spacial score (nSPS) is 13.7. The molecular weight excluding hydrogens is 373 g/mol. The molecule has 0 saturated heterocycles. The van der Waals surface area contributed by atoms with Crippen LogP contribution in [0, 0.1) is 5.82 Å². The summed E-state index contributed by atoms with van der Waals surface area (Å²) in [4.78, 5) is 23.7. The number of anilines is 1. The SMILES string of the molecule is O=C(CNC(=O)c1cccc(S(=O)(=O)Nc2ccc(F)cc2)c1)NC1CC1. The minimum absolute atomic E-state index is 0.108. The molecule has 142 valence electrons. The van der Waals surface area contributed by atoms with Crippen LogP contribution in [-0.2, 0) is 14.8 Å². The largest absolute Gasteiger partial charge is 0.352 e. The van der Waals surface area contributed by atoms with Crippen molar-refractivity contribution in [3.63, 3.8) is 0 Å². The van der Waals surface area contributed by atoms with Crippen LogP contribution in [-0.4, -0.2) is 32.8 Å². The number of carbonyl (C=O) groups excluding carboxylic acids is 2. The van der Waals surface area contributed by atoms with E-state index < -0.39 is 21.7 Å². The first-order valence-corrected chi connectivity index (χ1v) is 9.78. The monoisotopic (exact) mass is 391 g/mol. The molecule has 0 aliphatic heterocycles. The molecule has 1 saturated carbocycles. The number of amides is 2. The first kappa shape index (κ1) is 18.8. The molecule has 1 fully saturated rings. The zero-order valence-corrected chi connectivity index (χ0v) is 15.1. The Kier molecular flexibility index (Phi) is 5.41. The van der Waals surface area contributed by atoms with Gasteiger partial charge in [0.25, 0.3) is 15.9 Å². The third-order valence-electron chi connectivity index (χ3n) is 3.85. The highest BCUT2D eigenvalue weighted by Gasteiger charge is 2.23. The predicted octanol–water partition coefficient (Wildman–Crippen LogP) is 1.63. The van der Waals surface area contributed by atoms with E-state index >= 15 is 0 Å². The lowest BCUT2D eigenvalue weighted by atomic mass is 10.2. The summed E-state index contributed by atoms with van der Waals surface area (Å²) in [5.41, 5.74) is 0.305. The zero-order valence-electron chi connectivity index (χ0n) is 14.2. The Labute approximate surface area is 156 Å². The minimum atomic E-state index is -3.95. The van der Waals surface area contributed by atoms with Gasteiger partial charge in [0.1, 0.15) is 5.82 Å². The van der Waals surface area contributed by atoms with Crippen LogP contribution in [0.4, 0.5) is 10.1 Å². The lowest BCUT2D eigenvalue weighted by Gasteiger charge is -2.10. The van der Waals surface area contributed by atoms with E-state index in [1.165, 1.54) is 36.4 Å². The van der Waals surface area contributed by atoms with E-state index in [0.717, 1.165) is 25.0 Å². The third-order valence-corrected chi connectivity index (χ3v) is 5.23. The van der Waals surface area contributed by atoms with Crippen LogP contribution in [0.2, 0.25) is 0 Å². The van der Waals surface area contributed by atoms with Crippen molar-refractivity contribution in [2.24, 2.45) is 0 Å². The van der Waals surface area contributed by atoms with Gasteiger partial charge in [0.15, 0.2) is 0 Å². The van der Waals surface area contributed by atoms with E-state index in [0.29, 0.717) is 0 Å². The number of nitrogens with one attached hydrogen (secondary N) is 3. The predicted molar refractivity (Wildman–Crippen MR) is 97.1 cm³/mol. The Morgan fingerprint density at radius 3 is 2.44 bits per heavy atom. The van der Waals surface area contributed by atoms with Crippen molar-refractivity contribution in [1.29, 1.82) is 0 Å². The van der Waals surface area contributed by atoms with Crippen LogP contribution in [0.5, 0.6) is 0 Å². The van der Waals surface area contributed by atoms with E-state index in [4.69, 9.17) is 0 Å². The standard InChI is InChI=1S/C18H18FN3O4S/c19-13-4-6-15(7-5-13)22-27(25,26)16-3-1-2-12(10-16)18(24)20-11-17(23)21-14-8-9-14/h1-7,10,14,22H,8-9,11H2,(H,20,24)(H,21,23). The van der Waals surface area contributed by atoms with Crippen molar-refractivity contribution < 1.29 is 22.4 Å². The molecule has 0 aromatic heterocycles. The molecule has 2 amide bonds. The Morgan fingerprint density at radius 1 is 1.07 bits per heavy atom. The van der Waals surface area contributed by atoms with Crippen LogP contribution < -0.4 is 15.4 Å². The molecule has 1 aliphatic carbocycles. The van der Waals surface area contributed by atoms with Gasteiger partial charge in [-0.2, -0.15) is 0 Å². The fourth-order valence-corrected chi connectivity index (χ4v) is 3.41. The molecule has 2 aromatic carbocycles. The number of benzene rings is 2. The molecule has 0 heterocycles. The maximum absolute atomic E-state index is 12.9. The van der Waals surface area contributed by atoms with Crippen molar-refractivity contribution in [2.45, 2.75) is 23.8 Å². The summed E-state index contributed by atoms with van der Waals surface area (Å²) in [5, 5.41) is 5.20. The summed E-state index contributed by atoms with van der Waals surface area (Å²) >= 11 is 0. The molecule has 1 aliphatic rings. The molecule has 0 radical (unpaired) electrons. The van der Waals surface area contributed by atoms with E-state index in [1.807, 2.05) is 0 Å². The van der Waals surface area contributed by atoms with Crippen molar-refractivity contribution in [1.82, 2.24) is 10.6 Å². The van der Waals surface area contributed by atoms with E-state index in [2.05, 4.69) is 15.4 Å². The Morgan fingerprint density at radius 2 is 1.78 bits per heavy atom. The first-order valence-electron chi connectivity index (χ1n) is 8.29. The lowest BCUT2D eigenvalue weighted by Crippen LogP contribution is -2.37. The highest BCUT2D eigenvalue weighted by atomic mass is 32.2. The Hall–Kier alpha value is -2.94. The highest BCUT2D eigenvalue weighted by Crippen LogP contribution is 2.19. The smallest absolute Gasteiger partial charge is 0.261 e. The molecule has 0 unspecified atom stereocenters. The molecule has 7 nitrogen and oxygen atoms in total. The number of hydrogen-bond donors (Lipinski definition) is 3. The highest BCUT2D eigenvalue weighted by molar-refractivity contribution is 7.92. The quantitative estimate of drug-likeness (QED) is 0.667. The number of halogens is 1. The van der Waals surface area contributed by atoms with Gasteiger partial charge in [0.05, 0.1) is 11.4 Å². The lowest BCUT2D eigenvalue weighted by molar-refractivity contribution is -0.120. The van der Waals surface area contributed by atoms with Gasteiger partial charge in [-0.05, 0) is 55.3 Å². The Balaban J connectivity index is 1.66. The minimum Gasteiger partial charge on any atom is -0.352 e. The van der Waals surface area contributed by atoms with Gasteiger partial charge in [-0.1, -0.05) is 6.07 Å². The fourth-order valence-electron chi connectivity index (χ4n) is 2.31. The molecule has 9 heteroatoms. The number of hydrogen-bond acceptors (Lipinski definition) is 4. The van der Waals surface area contributed by atoms with Crippen LogP contribution in [0.3, 0.4) is 0 Å². The first-order chi connectivity index (χ1) is 12.8.